The van der Waals surface area contributed by atoms with Crippen LogP contribution in [0.1, 0.15) is 27.2 Å². The van der Waals surface area contributed by atoms with Gasteiger partial charge in [-0.05, 0) is 20.3 Å². The summed E-state index contributed by atoms with van der Waals surface area (Å²) in [5.74, 6) is 0. The first-order chi connectivity index (χ1) is 7.28. The predicted octanol–water partition coefficient (Wildman–Crippen LogP) is -0.595. The van der Waals surface area contributed by atoms with Crippen molar-refractivity contribution in [3.8, 4) is 0 Å². The fraction of sp³-hybridized carbons (Fsp3) is 1.00. The molecule has 6 heteroatoms. The molecule has 0 bridgehead atoms. The van der Waals surface area contributed by atoms with Gasteiger partial charge in [0, 0.05) is 5.28 Å². The molecule has 0 amide bonds. The third kappa shape index (κ3) is 3.13. The molecule has 1 fully saturated rings. The molecule has 3 unspecified atom stereocenters. The van der Waals surface area contributed by atoms with Gasteiger partial charge < -0.3 is 25.4 Å². The van der Waals surface area contributed by atoms with Gasteiger partial charge in [-0.2, -0.15) is 0 Å². The molecule has 1 saturated heterocycles. The monoisotopic (exact) mass is 251 g/mol. The Bertz CT molecular complexity index is 225. The van der Waals surface area contributed by atoms with Crippen LogP contribution in [0.25, 0.3) is 0 Å². The Balaban J connectivity index is 2.74. The van der Waals surface area contributed by atoms with Gasteiger partial charge in [-0.25, -0.2) is 0 Å². The summed E-state index contributed by atoms with van der Waals surface area (Å²) in [5.41, 5.74) is 0. The van der Waals surface area contributed by atoms with E-state index in [1.165, 1.54) is 0 Å². The van der Waals surface area contributed by atoms with Crippen LogP contribution in [0.4, 0.5) is 0 Å². The van der Waals surface area contributed by atoms with E-state index in [1.807, 2.05) is 13.8 Å². The fourth-order valence-electron chi connectivity index (χ4n) is 1.71. The predicted molar refractivity (Wildman–Crippen MR) is 63.9 cm³/mol. The topological polar surface area (TPSA) is 82.0 Å². The number of aliphatic hydroxyl groups excluding tert-OH is 3. The Kier molecular flexibility index (Phi) is 4.69. The summed E-state index contributed by atoms with van der Waals surface area (Å²) in [6.45, 7) is 5.61. The van der Waals surface area contributed by atoms with Gasteiger partial charge in [-0.15, -0.1) is 9.24 Å². The summed E-state index contributed by atoms with van der Waals surface area (Å²) < 4.78 is 5.00. The smallest absolute Gasteiger partial charge is 0.182 e. The zero-order valence-corrected chi connectivity index (χ0v) is 11.1. The number of rotatable bonds is 3. The first-order valence-electron chi connectivity index (χ1n) is 5.54. The summed E-state index contributed by atoms with van der Waals surface area (Å²) >= 11 is 0. The lowest BCUT2D eigenvalue weighted by Gasteiger charge is -2.43. The quantitative estimate of drug-likeness (QED) is 0.504. The second-order valence-corrected chi connectivity index (χ2v) is 5.93. The van der Waals surface area contributed by atoms with E-state index in [0.29, 0.717) is 0 Å². The van der Waals surface area contributed by atoms with Gasteiger partial charge in [0.25, 0.3) is 0 Å². The zero-order chi connectivity index (χ0) is 12.5. The molecular weight excluding hydrogens is 229 g/mol. The summed E-state index contributed by atoms with van der Waals surface area (Å²) in [6.07, 6.45) is -2.91. The van der Waals surface area contributed by atoms with Gasteiger partial charge in [-0.3, -0.25) is 0 Å². The zero-order valence-electron chi connectivity index (χ0n) is 9.92. The van der Waals surface area contributed by atoms with E-state index in [1.54, 1.807) is 6.92 Å². The van der Waals surface area contributed by atoms with E-state index < -0.39 is 30.6 Å². The van der Waals surface area contributed by atoms with Crippen LogP contribution >= 0.6 is 9.24 Å². The molecule has 1 rings (SSSR count). The highest BCUT2D eigenvalue weighted by atomic mass is 31.0. The third-order valence-corrected chi connectivity index (χ3v) is 3.67. The van der Waals surface area contributed by atoms with E-state index in [9.17, 15) is 15.3 Å². The molecule has 4 N–H and O–H groups in total. The standard InChI is InChI=1S/C10H22NO4P/c1-4-10(3,16)11-6-7(12)5(2)15-9(14)8(6)13/h5-9,11-14H,4,16H2,1-3H3/t5-,6+,7-,8+,9?,10?/m1/s1. The van der Waals surface area contributed by atoms with E-state index in [-0.39, 0.29) is 5.28 Å². The van der Waals surface area contributed by atoms with Crippen molar-refractivity contribution in [2.24, 2.45) is 0 Å². The van der Waals surface area contributed by atoms with Crippen LogP contribution < -0.4 is 5.32 Å². The molecule has 16 heavy (non-hydrogen) atoms. The SMILES string of the molecule is CCC(C)(P)N[C@H]1[C@H](O)[C@@H](C)OC(O)[C@H]1O. The lowest BCUT2D eigenvalue weighted by atomic mass is 9.96. The Labute approximate surface area is 98.4 Å². The summed E-state index contributed by atoms with van der Waals surface area (Å²) in [5, 5.41) is 32.0. The summed E-state index contributed by atoms with van der Waals surface area (Å²) in [7, 11) is 2.64. The average Bonchev–Trinajstić information content (AvgIpc) is 2.22. The minimum absolute atomic E-state index is 0.288. The molecule has 5 nitrogen and oxygen atoms in total. The van der Waals surface area contributed by atoms with E-state index in [0.717, 1.165) is 6.42 Å². The molecule has 0 spiro atoms. The number of hydrogen-bond acceptors (Lipinski definition) is 5. The van der Waals surface area contributed by atoms with E-state index in [2.05, 4.69) is 14.6 Å². The van der Waals surface area contributed by atoms with Crippen molar-refractivity contribution in [1.82, 2.24) is 5.32 Å². The average molecular weight is 251 g/mol. The number of aliphatic hydroxyl groups is 3. The maximum atomic E-state index is 9.92. The Morgan fingerprint density at radius 2 is 1.88 bits per heavy atom. The largest absolute Gasteiger partial charge is 0.389 e. The molecule has 0 aromatic carbocycles. The van der Waals surface area contributed by atoms with Gasteiger partial charge in [-0.1, -0.05) is 6.92 Å². The van der Waals surface area contributed by atoms with Crippen molar-refractivity contribution in [2.75, 3.05) is 0 Å². The summed E-state index contributed by atoms with van der Waals surface area (Å²) in [4.78, 5) is 0. The highest BCUT2D eigenvalue weighted by Gasteiger charge is 2.43. The molecule has 1 heterocycles. The van der Waals surface area contributed by atoms with Crippen LogP contribution in [0.5, 0.6) is 0 Å². The Hall–Kier alpha value is 0.230. The highest BCUT2D eigenvalue weighted by molar-refractivity contribution is 7.18. The van der Waals surface area contributed by atoms with Crippen molar-refractivity contribution in [3.05, 3.63) is 0 Å². The highest BCUT2D eigenvalue weighted by Crippen LogP contribution is 2.25. The maximum Gasteiger partial charge on any atom is 0.182 e. The lowest BCUT2D eigenvalue weighted by Crippen LogP contribution is -2.65. The molecule has 1 aliphatic heterocycles. The van der Waals surface area contributed by atoms with Crippen LogP contribution in [0, 0.1) is 0 Å². The number of nitrogens with one attached hydrogen (secondary N) is 1. The van der Waals surface area contributed by atoms with Crippen LogP contribution in [-0.4, -0.2) is 51.2 Å². The van der Waals surface area contributed by atoms with Gasteiger partial charge in [0.2, 0.25) is 0 Å². The maximum absolute atomic E-state index is 9.92. The molecule has 96 valence electrons. The molecule has 0 aromatic heterocycles. The van der Waals surface area contributed by atoms with Crippen molar-refractivity contribution in [3.63, 3.8) is 0 Å². The van der Waals surface area contributed by atoms with Gasteiger partial charge in [0.15, 0.2) is 6.29 Å². The van der Waals surface area contributed by atoms with Crippen molar-refractivity contribution >= 4 is 9.24 Å². The molecule has 1 aliphatic rings. The van der Waals surface area contributed by atoms with Crippen LogP contribution in [0.15, 0.2) is 0 Å². The first-order valence-corrected chi connectivity index (χ1v) is 6.12. The van der Waals surface area contributed by atoms with Crippen LogP contribution in [-0.2, 0) is 4.74 Å². The second-order valence-electron chi connectivity index (χ2n) is 4.65. The van der Waals surface area contributed by atoms with Crippen molar-refractivity contribution < 1.29 is 20.1 Å². The molecule has 0 aromatic rings. The normalized spacial score (nSPS) is 44.1. The van der Waals surface area contributed by atoms with Crippen LogP contribution in [0.3, 0.4) is 0 Å². The van der Waals surface area contributed by atoms with Crippen molar-refractivity contribution in [1.29, 1.82) is 0 Å². The van der Waals surface area contributed by atoms with Gasteiger partial charge >= 0.3 is 0 Å². The minimum atomic E-state index is -1.26. The molecular formula is C10H22NO4P. The third-order valence-electron chi connectivity index (χ3n) is 3.09. The van der Waals surface area contributed by atoms with E-state index in [4.69, 9.17) is 4.74 Å². The fourth-order valence-corrected chi connectivity index (χ4v) is 1.90. The first kappa shape index (κ1) is 14.3. The molecule has 0 aliphatic carbocycles. The molecule has 0 saturated carbocycles. The summed E-state index contributed by atoms with van der Waals surface area (Å²) in [6, 6.07) is -0.596. The van der Waals surface area contributed by atoms with Crippen LogP contribution in [0.2, 0.25) is 0 Å². The van der Waals surface area contributed by atoms with Crippen molar-refractivity contribution in [2.45, 2.75) is 63.1 Å². The number of hydrogen-bond donors (Lipinski definition) is 4. The molecule has 7 atom stereocenters. The molecule has 0 radical (unpaired) electrons. The number of ether oxygens (including phenoxy) is 1. The van der Waals surface area contributed by atoms with Gasteiger partial charge in [0.1, 0.15) is 6.10 Å². The second kappa shape index (κ2) is 5.25. The Morgan fingerprint density at radius 3 is 2.38 bits per heavy atom. The lowest BCUT2D eigenvalue weighted by molar-refractivity contribution is -0.253. The Morgan fingerprint density at radius 1 is 1.31 bits per heavy atom. The van der Waals surface area contributed by atoms with Gasteiger partial charge in [0.05, 0.1) is 18.2 Å². The minimum Gasteiger partial charge on any atom is -0.389 e. The van der Waals surface area contributed by atoms with E-state index >= 15 is 0 Å².